The van der Waals surface area contributed by atoms with Gasteiger partial charge in [-0.3, -0.25) is 4.79 Å². The van der Waals surface area contributed by atoms with Crippen LogP contribution in [-0.4, -0.2) is 11.1 Å². The van der Waals surface area contributed by atoms with Gasteiger partial charge in [0, 0.05) is 16.8 Å². The van der Waals surface area contributed by atoms with Crippen LogP contribution in [0.25, 0.3) is 0 Å². The van der Waals surface area contributed by atoms with Crippen LogP contribution in [0.15, 0.2) is 21.3 Å². The number of hydrogen-bond acceptors (Lipinski definition) is 4. The van der Waals surface area contributed by atoms with Gasteiger partial charge < -0.3 is 9.84 Å². The fourth-order valence-electron chi connectivity index (χ4n) is 1.03. The quantitative estimate of drug-likeness (QED) is 0.881. The number of nitrogens with one attached hydrogen (secondary N) is 1. The van der Waals surface area contributed by atoms with Crippen molar-refractivity contribution in [2.24, 2.45) is 0 Å². The smallest absolute Gasteiger partial charge is 0.294 e. The second kappa shape index (κ2) is 4.04. The third-order valence-corrected chi connectivity index (χ3v) is 2.90. The first-order valence-corrected chi connectivity index (χ1v) is 5.45. The third-order valence-electron chi connectivity index (χ3n) is 1.71. The lowest BCUT2D eigenvalue weighted by atomic mass is 10.3. The number of hydrogen-bond donors (Lipinski definition) is 1. The summed E-state index contributed by atoms with van der Waals surface area (Å²) in [4.78, 5) is 11.6. The Balaban J connectivity index is 2.14. The summed E-state index contributed by atoms with van der Waals surface area (Å²) < 4.78 is 4.81. The number of halogens is 1. The number of carbonyl (C=O) groups excluding carboxylic acids is 1. The van der Waals surface area contributed by atoms with Crippen LogP contribution in [0, 0.1) is 6.92 Å². The lowest BCUT2D eigenvalue weighted by Crippen LogP contribution is -2.10. The summed E-state index contributed by atoms with van der Waals surface area (Å²) in [6, 6.07) is 1.57. The minimum Gasteiger partial charge on any atom is -0.351 e. The topological polar surface area (TPSA) is 55.1 Å². The zero-order valence-electron chi connectivity index (χ0n) is 7.78. The summed E-state index contributed by atoms with van der Waals surface area (Å²) in [5, 5.41) is 10.3. The third kappa shape index (κ3) is 2.19. The highest BCUT2D eigenvalue weighted by Gasteiger charge is 2.13. The van der Waals surface area contributed by atoms with Crippen LogP contribution >= 0.6 is 22.9 Å². The lowest BCUT2D eigenvalue weighted by molar-refractivity contribution is 0.0988. The molecule has 0 bridgehead atoms. The van der Waals surface area contributed by atoms with Crippen molar-refractivity contribution < 1.29 is 9.32 Å². The van der Waals surface area contributed by atoms with Crippen molar-refractivity contribution in [1.29, 1.82) is 0 Å². The van der Waals surface area contributed by atoms with E-state index in [0.717, 1.165) is 0 Å². The number of amides is 1. The van der Waals surface area contributed by atoms with Gasteiger partial charge >= 0.3 is 0 Å². The highest BCUT2D eigenvalue weighted by Crippen LogP contribution is 2.26. The van der Waals surface area contributed by atoms with Crippen LogP contribution in [0.1, 0.15) is 16.2 Å². The summed E-state index contributed by atoms with van der Waals surface area (Å²) in [7, 11) is 0. The molecule has 0 aliphatic rings. The van der Waals surface area contributed by atoms with Crippen molar-refractivity contribution in [1.82, 2.24) is 5.16 Å². The summed E-state index contributed by atoms with van der Waals surface area (Å²) in [5.74, 6) is -0.175. The summed E-state index contributed by atoms with van der Waals surface area (Å²) in [6.07, 6.45) is 0. The van der Waals surface area contributed by atoms with E-state index >= 15 is 0 Å². The Bertz CT molecular complexity index is 492. The average molecular weight is 243 g/mol. The molecular weight excluding hydrogens is 236 g/mol. The van der Waals surface area contributed by atoms with E-state index in [-0.39, 0.29) is 11.7 Å². The molecule has 0 saturated carbocycles. The van der Waals surface area contributed by atoms with Crippen LogP contribution in [-0.2, 0) is 0 Å². The van der Waals surface area contributed by atoms with Gasteiger partial charge in [-0.25, -0.2) is 0 Å². The summed E-state index contributed by atoms with van der Waals surface area (Å²) in [6.45, 7) is 1.75. The number of aryl methyl sites for hydroxylation is 1. The molecular formula is C9H7ClN2O2S. The van der Waals surface area contributed by atoms with E-state index in [4.69, 9.17) is 16.1 Å². The zero-order chi connectivity index (χ0) is 10.8. The largest absolute Gasteiger partial charge is 0.351 e. The minimum atomic E-state index is -0.351. The first kappa shape index (κ1) is 10.2. The molecule has 0 aromatic carbocycles. The van der Waals surface area contributed by atoms with Gasteiger partial charge in [0.05, 0.1) is 16.4 Å². The number of thiophene rings is 1. The van der Waals surface area contributed by atoms with Crippen LogP contribution < -0.4 is 5.32 Å². The van der Waals surface area contributed by atoms with Crippen molar-refractivity contribution in [2.45, 2.75) is 6.92 Å². The zero-order valence-corrected chi connectivity index (χ0v) is 9.35. The Morgan fingerprint density at radius 3 is 2.93 bits per heavy atom. The van der Waals surface area contributed by atoms with Gasteiger partial charge in [0.2, 0.25) is 5.76 Å². The van der Waals surface area contributed by atoms with Gasteiger partial charge in [-0.05, 0) is 6.92 Å². The molecule has 2 aromatic heterocycles. The molecule has 1 N–H and O–H groups in total. The highest BCUT2D eigenvalue weighted by molar-refractivity contribution is 7.09. The molecule has 0 aliphatic heterocycles. The van der Waals surface area contributed by atoms with Crippen LogP contribution in [0.4, 0.5) is 5.69 Å². The Labute approximate surface area is 94.8 Å². The number of carbonyl (C=O) groups is 1. The number of aromatic nitrogens is 1. The van der Waals surface area contributed by atoms with Crippen LogP contribution in [0.3, 0.4) is 0 Å². The molecule has 4 nitrogen and oxygen atoms in total. The molecule has 0 fully saturated rings. The Morgan fingerprint density at radius 1 is 1.60 bits per heavy atom. The van der Waals surface area contributed by atoms with E-state index in [1.165, 1.54) is 11.3 Å². The molecule has 0 aliphatic carbocycles. The first-order valence-electron chi connectivity index (χ1n) is 4.13. The number of anilines is 1. The van der Waals surface area contributed by atoms with E-state index in [2.05, 4.69) is 10.5 Å². The first-order chi connectivity index (χ1) is 7.16. The molecule has 6 heteroatoms. The molecule has 2 heterocycles. The van der Waals surface area contributed by atoms with E-state index in [1.807, 2.05) is 0 Å². The Kier molecular flexibility index (Phi) is 2.75. The maximum atomic E-state index is 11.6. The monoisotopic (exact) mass is 242 g/mol. The molecule has 0 unspecified atom stereocenters. The molecule has 2 aromatic rings. The highest BCUT2D eigenvalue weighted by atomic mass is 35.5. The van der Waals surface area contributed by atoms with Crippen LogP contribution in [0.5, 0.6) is 0 Å². The van der Waals surface area contributed by atoms with Crippen molar-refractivity contribution in [3.8, 4) is 0 Å². The molecule has 1 amide bonds. The molecule has 0 atom stereocenters. The molecule has 0 spiro atoms. The second-order valence-electron chi connectivity index (χ2n) is 2.92. The van der Waals surface area contributed by atoms with Gasteiger partial charge in [0.1, 0.15) is 0 Å². The number of rotatable bonds is 2. The molecule has 15 heavy (non-hydrogen) atoms. The number of nitrogens with zero attached hydrogens (tertiary/aromatic N) is 1. The van der Waals surface area contributed by atoms with Crippen molar-refractivity contribution >= 4 is 34.5 Å². The fraction of sp³-hybridized carbons (Fsp3) is 0.111. The van der Waals surface area contributed by atoms with Crippen molar-refractivity contribution in [3.05, 3.63) is 33.3 Å². The van der Waals surface area contributed by atoms with Crippen molar-refractivity contribution in [3.63, 3.8) is 0 Å². The van der Waals surface area contributed by atoms with Gasteiger partial charge in [-0.15, -0.1) is 11.3 Å². The Morgan fingerprint density at radius 2 is 2.40 bits per heavy atom. The lowest BCUT2D eigenvalue weighted by Gasteiger charge is -1.98. The predicted octanol–water partition coefficient (Wildman–Crippen LogP) is 2.95. The van der Waals surface area contributed by atoms with E-state index < -0.39 is 0 Å². The van der Waals surface area contributed by atoms with E-state index in [9.17, 15) is 4.79 Å². The summed E-state index contributed by atoms with van der Waals surface area (Å²) in [5.41, 5.74) is 1.25. The van der Waals surface area contributed by atoms with Gasteiger partial charge in [-0.1, -0.05) is 16.8 Å². The van der Waals surface area contributed by atoms with Gasteiger partial charge in [0.25, 0.3) is 5.91 Å². The fourth-order valence-corrected chi connectivity index (χ4v) is 1.98. The molecule has 78 valence electrons. The maximum Gasteiger partial charge on any atom is 0.294 e. The normalized spacial score (nSPS) is 10.3. The summed E-state index contributed by atoms with van der Waals surface area (Å²) >= 11 is 7.24. The maximum absolute atomic E-state index is 11.6. The van der Waals surface area contributed by atoms with Gasteiger partial charge in [-0.2, -0.15) is 0 Å². The molecule has 0 radical (unpaired) electrons. The van der Waals surface area contributed by atoms with E-state index in [0.29, 0.717) is 16.4 Å². The predicted molar refractivity (Wildman–Crippen MR) is 58.5 cm³/mol. The SMILES string of the molecule is Cc1cc(C(=O)Nc2cscc2Cl)on1. The molecule has 0 saturated heterocycles. The molecule has 2 rings (SSSR count). The van der Waals surface area contributed by atoms with Crippen molar-refractivity contribution in [2.75, 3.05) is 5.32 Å². The average Bonchev–Trinajstić information content (AvgIpc) is 2.77. The van der Waals surface area contributed by atoms with E-state index in [1.54, 1.807) is 23.8 Å². The standard InChI is InChI=1S/C9H7ClN2O2S/c1-5-2-8(14-12-5)9(13)11-7-4-15-3-6(7)10/h2-4H,1H3,(H,11,13). The minimum absolute atomic E-state index is 0.176. The Hall–Kier alpha value is -1.33. The van der Waals surface area contributed by atoms with Gasteiger partial charge in [0.15, 0.2) is 0 Å². The van der Waals surface area contributed by atoms with Crippen LogP contribution in [0.2, 0.25) is 5.02 Å². The second-order valence-corrected chi connectivity index (χ2v) is 4.07.